The number of aromatic nitrogens is 2. The topological polar surface area (TPSA) is 58.1 Å². The molecule has 1 aromatic rings. The van der Waals surface area contributed by atoms with Gasteiger partial charge < -0.3 is 10.2 Å². The first kappa shape index (κ1) is 15.9. The minimum atomic E-state index is 0.0751. The van der Waals surface area contributed by atoms with E-state index in [4.69, 9.17) is 0 Å². The number of aryl methyl sites for hydroxylation is 2. The molecule has 21 heavy (non-hydrogen) atoms. The molecule has 0 aromatic carbocycles. The molecule has 116 valence electrons. The molecular weight excluding hydrogens is 264 g/mol. The normalized spacial score (nSPS) is 18.8. The monoisotopic (exact) mass is 290 g/mol. The molecule has 1 fully saturated rings. The highest BCUT2D eigenvalue weighted by Crippen LogP contribution is 2.17. The molecule has 5 heteroatoms. The van der Waals surface area contributed by atoms with Gasteiger partial charge >= 0.3 is 0 Å². The molecule has 5 nitrogen and oxygen atoms in total. The molecule has 1 saturated heterocycles. The fourth-order valence-electron chi connectivity index (χ4n) is 2.81. The maximum atomic E-state index is 12.9. The Morgan fingerprint density at radius 3 is 2.81 bits per heavy atom. The standard InChI is InChI=1S/C16H26N4O/c1-11(2)20(10-14-6-5-7-17-9-14)16(21)15-8-12(3)18-19-13(15)4/h8,11,14,17H,5-7,9-10H2,1-4H3. The highest BCUT2D eigenvalue weighted by atomic mass is 16.2. The Labute approximate surface area is 127 Å². The quantitative estimate of drug-likeness (QED) is 0.920. The molecule has 0 spiro atoms. The Hall–Kier alpha value is -1.49. The summed E-state index contributed by atoms with van der Waals surface area (Å²) in [7, 11) is 0. The molecule has 0 bridgehead atoms. The van der Waals surface area contributed by atoms with Crippen LogP contribution in [0.4, 0.5) is 0 Å². The van der Waals surface area contributed by atoms with Crippen LogP contribution < -0.4 is 5.32 Å². The van der Waals surface area contributed by atoms with Crippen LogP contribution in [0.2, 0.25) is 0 Å². The maximum Gasteiger partial charge on any atom is 0.256 e. The fraction of sp³-hybridized carbons (Fsp3) is 0.688. The number of piperidine rings is 1. The van der Waals surface area contributed by atoms with Gasteiger partial charge in [0.2, 0.25) is 0 Å². The summed E-state index contributed by atoms with van der Waals surface area (Å²) >= 11 is 0. The molecule has 1 aliphatic rings. The fourth-order valence-corrected chi connectivity index (χ4v) is 2.81. The molecule has 2 heterocycles. The van der Waals surface area contributed by atoms with Crippen molar-refractivity contribution in [2.75, 3.05) is 19.6 Å². The van der Waals surface area contributed by atoms with Gasteiger partial charge in [0.05, 0.1) is 17.0 Å². The van der Waals surface area contributed by atoms with Crippen molar-refractivity contribution in [1.29, 1.82) is 0 Å². The predicted molar refractivity (Wildman–Crippen MR) is 83.3 cm³/mol. The Bertz CT molecular complexity index is 495. The Morgan fingerprint density at radius 1 is 1.43 bits per heavy atom. The van der Waals surface area contributed by atoms with Gasteiger partial charge in [-0.2, -0.15) is 10.2 Å². The molecular formula is C16H26N4O. The summed E-state index contributed by atoms with van der Waals surface area (Å²) in [4.78, 5) is 14.8. The minimum Gasteiger partial charge on any atom is -0.336 e. The Balaban J connectivity index is 2.16. The van der Waals surface area contributed by atoms with Crippen molar-refractivity contribution in [2.45, 2.75) is 46.6 Å². The van der Waals surface area contributed by atoms with Gasteiger partial charge in [0, 0.05) is 12.6 Å². The van der Waals surface area contributed by atoms with Crippen LogP contribution in [0.1, 0.15) is 48.4 Å². The Morgan fingerprint density at radius 2 is 2.19 bits per heavy atom. The highest BCUT2D eigenvalue weighted by Gasteiger charge is 2.25. The molecule has 1 aromatic heterocycles. The summed E-state index contributed by atoms with van der Waals surface area (Å²) in [5.41, 5.74) is 2.17. The number of amides is 1. The van der Waals surface area contributed by atoms with Crippen LogP contribution >= 0.6 is 0 Å². The SMILES string of the molecule is Cc1cc(C(=O)N(CC2CCCNC2)C(C)C)c(C)nn1. The number of hydrogen-bond donors (Lipinski definition) is 1. The third-order valence-corrected chi connectivity index (χ3v) is 4.07. The number of hydrogen-bond acceptors (Lipinski definition) is 4. The van der Waals surface area contributed by atoms with Gasteiger partial charge in [-0.3, -0.25) is 4.79 Å². The van der Waals surface area contributed by atoms with Crippen molar-refractivity contribution in [3.05, 3.63) is 23.0 Å². The number of rotatable bonds is 4. The van der Waals surface area contributed by atoms with E-state index in [0.29, 0.717) is 17.2 Å². The zero-order valence-corrected chi connectivity index (χ0v) is 13.5. The molecule has 2 rings (SSSR count). The first-order chi connectivity index (χ1) is 9.99. The number of carbonyl (C=O) groups excluding carboxylic acids is 1. The lowest BCUT2D eigenvalue weighted by molar-refractivity contribution is 0.0659. The second kappa shape index (κ2) is 6.98. The van der Waals surface area contributed by atoms with E-state index in [1.807, 2.05) is 24.8 Å². The largest absolute Gasteiger partial charge is 0.336 e. The van der Waals surface area contributed by atoms with E-state index in [1.54, 1.807) is 0 Å². The van der Waals surface area contributed by atoms with Gasteiger partial charge in [0.1, 0.15) is 0 Å². The highest BCUT2D eigenvalue weighted by molar-refractivity contribution is 5.95. The van der Waals surface area contributed by atoms with E-state index >= 15 is 0 Å². The zero-order valence-electron chi connectivity index (χ0n) is 13.5. The summed E-state index contributed by atoms with van der Waals surface area (Å²) in [6, 6.07) is 2.03. The van der Waals surface area contributed by atoms with Crippen molar-refractivity contribution < 1.29 is 4.79 Å². The summed E-state index contributed by atoms with van der Waals surface area (Å²) in [5, 5.41) is 11.5. The summed E-state index contributed by atoms with van der Waals surface area (Å²) in [6.07, 6.45) is 2.38. The van der Waals surface area contributed by atoms with Gasteiger partial charge in [0.15, 0.2) is 0 Å². The number of nitrogens with zero attached hydrogens (tertiary/aromatic N) is 3. The Kier molecular flexibility index (Phi) is 5.28. The lowest BCUT2D eigenvalue weighted by Gasteiger charge is -2.33. The summed E-state index contributed by atoms with van der Waals surface area (Å²) in [6.45, 7) is 10.8. The van der Waals surface area contributed by atoms with E-state index in [9.17, 15) is 4.79 Å². The van der Waals surface area contributed by atoms with E-state index in [1.165, 1.54) is 12.8 Å². The smallest absolute Gasteiger partial charge is 0.256 e. The molecule has 1 N–H and O–H groups in total. The zero-order chi connectivity index (χ0) is 15.4. The molecule has 1 aliphatic heterocycles. The van der Waals surface area contributed by atoms with Gasteiger partial charge in [0.25, 0.3) is 5.91 Å². The van der Waals surface area contributed by atoms with Crippen LogP contribution in [-0.4, -0.2) is 46.7 Å². The average molecular weight is 290 g/mol. The minimum absolute atomic E-state index is 0.0751. The van der Waals surface area contributed by atoms with E-state index in [-0.39, 0.29) is 11.9 Å². The second-order valence-corrected chi connectivity index (χ2v) is 6.25. The third-order valence-electron chi connectivity index (χ3n) is 4.07. The average Bonchev–Trinajstić information content (AvgIpc) is 2.47. The van der Waals surface area contributed by atoms with Crippen molar-refractivity contribution >= 4 is 5.91 Å². The molecule has 0 saturated carbocycles. The lowest BCUT2D eigenvalue weighted by Crippen LogP contribution is -2.44. The van der Waals surface area contributed by atoms with Gasteiger partial charge in [-0.15, -0.1) is 0 Å². The molecule has 1 unspecified atom stereocenters. The first-order valence-electron chi connectivity index (χ1n) is 7.81. The molecule has 1 atom stereocenters. The predicted octanol–water partition coefficient (Wildman–Crippen LogP) is 1.94. The van der Waals surface area contributed by atoms with Gasteiger partial charge in [-0.25, -0.2) is 0 Å². The summed E-state index contributed by atoms with van der Waals surface area (Å²) < 4.78 is 0. The molecule has 0 radical (unpaired) electrons. The van der Waals surface area contributed by atoms with Crippen LogP contribution in [0, 0.1) is 19.8 Å². The van der Waals surface area contributed by atoms with Gasteiger partial charge in [-0.05, 0) is 65.6 Å². The molecule has 0 aliphatic carbocycles. The first-order valence-corrected chi connectivity index (χ1v) is 7.81. The van der Waals surface area contributed by atoms with E-state index in [2.05, 4.69) is 29.4 Å². The van der Waals surface area contributed by atoms with Crippen molar-refractivity contribution in [3.8, 4) is 0 Å². The van der Waals surface area contributed by atoms with Crippen LogP contribution in [0.15, 0.2) is 6.07 Å². The second-order valence-electron chi connectivity index (χ2n) is 6.25. The molecule has 1 amide bonds. The van der Waals surface area contributed by atoms with E-state index in [0.717, 1.165) is 25.3 Å². The lowest BCUT2D eigenvalue weighted by atomic mass is 9.98. The van der Waals surface area contributed by atoms with Crippen LogP contribution in [-0.2, 0) is 0 Å². The van der Waals surface area contributed by atoms with Gasteiger partial charge in [-0.1, -0.05) is 0 Å². The van der Waals surface area contributed by atoms with Crippen molar-refractivity contribution in [3.63, 3.8) is 0 Å². The number of nitrogens with one attached hydrogen (secondary N) is 1. The summed E-state index contributed by atoms with van der Waals surface area (Å²) in [5.74, 6) is 0.618. The maximum absolute atomic E-state index is 12.9. The van der Waals surface area contributed by atoms with Crippen LogP contribution in [0.3, 0.4) is 0 Å². The van der Waals surface area contributed by atoms with E-state index < -0.39 is 0 Å². The number of carbonyl (C=O) groups is 1. The third kappa shape index (κ3) is 4.00. The van der Waals surface area contributed by atoms with Crippen molar-refractivity contribution in [1.82, 2.24) is 20.4 Å². The van der Waals surface area contributed by atoms with Crippen molar-refractivity contribution in [2.24, 2.45) is 5.92 Å². The van der Waals surface area contributed by atoms with Crippen LogP contribution in [0.25, 0.3) is 0 Å². The van der Waals surface area contributed by atoms with Crippen LogP contribution in [0.5, 0.6) is 0 Å².